The van der Waals surface area contributed by atoms with Gasteiger partial charge >= 0.3 is 0 Å². The van der Waals surface area contributed by atoms with E-state index in [0.29, 0.717) is 40.4 Å². The number of aromatic nitrogens is 2. The van der Waals surface area contributed by atoms with Crippen LogP contribution >= 0.6 is 23.1 Å². The lowest BCUT2D eigenvalue weighted by Crippen LogP contribution is -2.31. The number of ether oxygens (including phenoxy) is 2. The molecule has 4 aromatic carbocycles. The Morgan fingerprint density at radius 1 is 0.958 bits per heavy atom. The summed E-state index contributed by atoms with van der Waals surface area (Å²) in [5.41, 5.74) is 2.49. The van der Waals surface area contributed by atoms with Crippen LogP contribution in [0.3, 0.4) is 0 Å². The van der Waals surface area contributed by atoms with Crippen molar-refractivity contribution in [3.05, 3.63) is 125 Å². The Balaban J connectivity index is 1.34. The first-order valence-electron chi connectivity index (χ1n) is 15.8. The zero-order valence-corrected chi connectivity index (χ0v) is 28.3. The summed E-state index contributed by atoms with van der Waals surface area (Å²) in [6.45, 7) is 4.89. The summed E-state index contributed by atoms with van der Waals surface area (Å²) < 4.78 is 12.6. The third kappa shape index (κ3) is 7.14. The second-order valence-corrected chi connectivity index (χ2v) is 13.2. The molecule has 1 atom stereocenters. The predicted octanol–water partition coefficient (Wildman–Crippen LogP) is 8.74. The van der Waals surface area contributed by atoms with Gasteiger partial charge in [0.05, 0.1) is 24.8 Å². The number of hydrogen-bond donors (Lipinski definition) is 1. The third-order valence-corrected chi connectivity index (χ3v) is 9.98. The average Bonchev–Trinajstić information content (AvgIpc) is 3.69. The lowest BCUT2D eigenvalue weighted by atomic mass is 9.95. The summed E-state index contributed by atoms with van der Waals surface area (Å²) in [5.74, 6) is -0.127. The van der Waals surface area contributed by atoms with Crippen LogP contribution in [0, 0.1) is 0 Å². The van der Waals surface area contributed by atoms with Crippen molar-refractivity contribution in [2.75, 3.05) is 18.1 Å². The third-order valence-electron chi connectivity index (χ3n) is 7.87. The van der Waals surface area contributed by atoms with Crippen molar-refractivity contribution in [2.45, 2.75) is 42.8 Å². The van der Waals surface area contributed by atoms with E-state index in [2.05, 4.69) is 41.4 Å². The molecule has 1 amide bonds. The van der Waals surface area contributed by atoms with Gasteiger partial charge in [-0.3, -0.25) is 14.5 Å². The minimum atomic E-state index is -0.974. The van der Waals surface area contributed by atoms with Gasteiger partial charge < -0.3 is 14.6 Å². The van der Waals surface area contributed by atoms with Crippen LogP contribution in [0.5, 0.6) is 11.5 Å². The molecule has 10 heteroatoms. The molecule has 0 bridgehead atoms. The minimum Gasteiger partial charge on any atom is -0.503 e. The predicted molar refractivity (Wildman–Crippen MR) is 192 cm³/mol. The Bertz CT molecular complexity index is 1980. The molecule has 1 unspecified atom stereocenters. The van der Waals surface area contributed by atoms with E-state index in [1.807, 2.05) is 55.5 Å². The number of carbonyl (C=O) groups is 2. The van der Waals surface area contributed by atoms with Crippen LogP contribution in [-0.2, 0) is 15.3 Å². The monoisotopic (exact) mass is 677 g/mol. The van der Waals surface area contributed by atoms with E-state index in [4.69, 9.17) is 9.47 Å². The number of thioether (sulfide) groups is 1. The van der Waals surface area contributed by atoms with Gasteiger partial charge in [0.25, 0.3) is 5.91 Å². The fraction of sp³-hybridized carbons (Fsp3) is 0.211. The number of aliphatic hydroxyl groups excluding tert-OH is 1. The number of hydrogen-bond acceptors (Lipinski definition) is 9. The van der Waals surface area contributed by atoms with Gasteiger partial charge in [-0.2, -0.15) is 0 Å². The molecule has 0 spiro atoms. The first-order chi connectivity index (χ1) is 23.5. The molecule has 244 valence electrons. The van der Waals surface area contributed by atoms with Gasteiger partial charge in [-0.1, -0.05) is 121 Å². The van der Waals surface area contributed by atoms with E-state index in [9.17, 15) is 14.7 Å². The van der Waals surface area contributed by atoms with Gasteiger partial charge in [-0.15, -0.1) is 10.2 Å². The fourth-order valence-corrected chi connectivity index (χ4v) is 7.39. The Hall–Kier alpha value is -4.93. The van der Waals surface area contributed by atoms with E-state index in [-0.39, 0.29) is 10.7 Å². The van der Waals surface area contributed by atoms with E-state index in [0.717, 1.165) is 29.4 Å². The van der Waals surface area contributed by atoms with Crippen LogP contribution < -0.4 is 14.4 Å². The molecular formula is C38H35N3O5S2. The lowest BCUT2D eigenvalue weighted by Gasteiger charge is -2.24. The standard InChI is InChI=1S/C38H35N3O5S2/c1-3-5-22-46-31-21-19-27(23-32(31)45-4-2)34-33(30(42)20-18-25-12-7-6-8-13-25)35(43)36(44)41(34)37-39-40-38(48-37)47-24-28-16-11-15-26-14-9-10-17-29(26)28/h6-21,23,34,43H,3-5,22,24H2,1-2H3. The number of anilines is 1. The van der Waals surface area contributed by atoms with Crippen LogP contribution in [0.4, 0.5) is 5.13 Å². The maximum absolute atomic E-state index is 13.8. The number of unbranched alkanes of at least 4 members (excludes halogenated alkanes) is 1. The topological polar surface area (TPSA) is 102 Å². The summed E-state index contributed by atoms with van der Waals surface area (Å²) in [6, 6.07) is 28.1. The van der Waals surface area contributed by atoms with Gasteiger partial charge in [0.15, 0.2) is 27.4 Å². The molecule has 5 aromatic rings. The molecule has 1 aliphatic heterocycles. The number of amides is 1. The van der Waals surface area contributed by atoms with Crippen LogP contribution in [0.2, 0.25) is 0 Å². The highest BCUT2D eigenvalue weighted by molar-refractivity contribution is 8.00. The quantitative estimate of drug-likeness (QED) is 0.0539. The molecule has 0 saturated heterocycles. The van der Waals surface area contributed by atoms with Crippen molar-refractivity contribution in [1.82, 2.24) is 10.2 Å². The molecule has 1 aliphatic rings. The first-order valence-corrected chi connectivity index (χ1v) is 17.6. The minimum absolute atomic E-state index is 0.0468. The number of nitrogens with zero attached hydrogens (tertiary/aromatic N) is 3. The van der Waals surface area contributed by atoms with Crippen LogP contribution in [0.25, 0.3) is 16.8 Å². The summed E-state index contributed by atoms with van der Waals surface area (Å²) in [7, 11) is 0. The number of fused-ring (bicyclic) bond motifs is 1. The van der Waals surface area contributed by atoms with Crippen LogP contribution in [-0.4, -0.2) is 40.2 Å². The van der Waals surface area contributed by atoms with Crippen LogP contribution in [0.1, 0.15) is 49.4 Å². The highest BCUT2D eigenvalue weighted by Gasteiger charge is 2.45. The zero-order chi connectivity index (χ0) is 33.5. The van der Waals surface area contributed by atoms with E-state index in [1.54, 1.807) is 24.3 Å². The van der Waals surface area contributed by atoms with Crippen LogP contribution in [0.15, 0.2) is 113 Å². The Labute approximate surface area is 287 Å². The smallest absolute Gasteiger partial charge is 0.296 e. The molecule has 1 aromatic heterocycles. The molecule has 0 saturated carbocycles. The van der Waals surface area contributed by atoms with E-state index in [1.165, 1.54) is 39.5 Å². The number of allylic oxidation sites excluding steroid dienone is 1. The van der Waals surface area contributed by atoms with Crippen molar-refractivity contribution in [3.63, 3.8) is 0 Å². The Morgan fingerprint density at radius 3 is 2.56 bits per heavy atom. The highest BCUT2D eigenvalue weighted by atomic mass is 32.2. The normalized spacial score (nSPS) is 14.8. The number of rotatable bonds is 14. The van der Waals surface area contributed by atoms with Crippen molar-refractivity contribution in [1.29, 1.82) is 0 Å². The number of benzene rings is 4. The molecule has 0 fully saturated rings. The van der Waals surface area contributed by atoms with Crippen molar-refractivity contribution in [3.8, 4) is 11.5 Å². The van der Waals surface area contributed by atoms with Gasteiger partial charge in [0.1, 0.15) is 0 Å². The second-order valence-electron chi connectivity index (χ2n) is 11.1. The van der Waals surface area contributed by atoms with Gasteiger partial charge in [0, 0.05) is 5.75 Å². The van der Waals surface area contributed by atoms with Crippen molar-refractivity contribution >= 4 is 56.8 Å². The van der Waals surface area contributed by atoms with Crippen molar-refractivity contribution < 1.29 is 24.2 Å². The van der Waals surface area contributed by atoms with E-state index < -0.39 is 23.5 Å². The molecule has 48 heavy (non-hydrogen) atoms. The highest BCUT2D eigenvalue weighted by Crippen LogP contribution is 2.45. The molecule has 0 radical (unpaired) electrons. The second kappa shape index (κ2) is 15.3. The van der Waals surface area contributed by atoms with Gasteiger partial charge in [0.2, 0.25) is 5.13 Å². The number of carbonyl (C=O) groups excluding carboxylic acids is 2. The van der Waals surface area contributed by atoms with Gasteiger partial charge in [-0.05, 0) is 59.0 Å². The summed E-state index contributed by atoms with van der Waals surface area (Å²) >= 11 is 2.75. The summed E-state index contributed by atoms with van der Waals surface area (Å²) in [4.78, 5) is 28.9. The Morgan fingerprint density at radius 2 is 1.75 bits per heavy atom. The average molecular weight is 678 g/mol. The maximum Gasteiger partial charge on any atom is 0.296 e. The van der Waals surface area contributed by atoms with Gasteiger partial charge in [-0.25, -0.2) is 0 Å². The molecule has 8 nitrogen and oxygen atoms in total. The molecule has 2 heterocycles. The Kier molecular flexibility index (Phi) is 10.5. The largest absolute Gasteiger partial charge is 0.503 e. The SMILES string of the molecule is CCCCOc1ccc(C2C(C(=O)C=Cc3ccccc3)=C(O)C(=O)N2c2nnc(SCc3cccc4ccccc34)s2)cc1OCC. The summed E-state index contributed by atoms with van der Waals surface area (Å²) in [5, 5.41) is 22.6. The maximum atomic E-state index is 13.8. The lowest BCUT2D eigenvalue weighted by molar-refractivity contribution is -0.117. The molecule has 0 aliphatic carbocycles. The van der Waals surface area contributed by atoms with Crippen molar-refractivity contribution in [2.24, 2.45) is 0 Å². The number of aliphatic hydroxyl groups is 1. The van der Waals surface area contributed by atoms with E-state index >= 15 is 0 Å². The first kappa shape index (κ1) is 33.0. The molecule has 1 N–H and O–H groups in total. The fourth-order valence-electron chi connectivity index (χ4n) is 5.52. The zero-order valence-electron chi connectivity index (χ0n) is 26.7. The number of ketones is 1. The molecule has 6 rings (SSSR count). The summed E-state index contributed by atoms with van der Waals surface area (Å²) in [6.07, 6.45) is 4.91. The molecular weight excluding hydrogens is 643 g/mol.